The van der Waals surface area contributed by atoms with Gasteiger partial charge in [0.2, 0.25) is 6.04 Å². The molecule has 0 fully saturated rings. The van der Waals surface area contributed by atoms with Crippen LogP contribution in [0.2, 0.25) is 0 Å². The minimum absolute atomic E-state index is 0. The average molecular weight is 369 g/mol. The quantitative estimate of drug-likeness (QED) is 0.308. The minimum Gasteiger partial charge on any atom is -1.00 e. The van der Waals surface area contributed by atoms with Crippen molar-refractivity contribution in [1.29, 1.82) is 0 Å². The number of hydrogen-bond acceptors (Lipinski definition) is 2. The van der Waals surface area contributed by atoms with E-state index in [1.165, 1.54) is 17.3 Å². The zero-order chi connectivity index (χ0) is 15.2. The molecule has 1 aromatic heterocycles. The lowest BCUT2D eigenvalue weighted by Gasteiger charge is -2.13. The number of halogens is 1. The van der Waals surface area contributed by atoms with Gasteiger partial charge in [-0.3, -0.25) is 0 Å². The Morgan fingerprint density at radius 2 is 1.26 bits per heavy atom. The van der Waals surface area contributed by atoms with Gasteiger partial charge in [-0.1, -0.05) is 65.8 Å². The third-order valence-corrected chi connectivity index (χ3v) is 3.61. The topological polar surface area (TPSA) is 36.5 Å². The lowest BCUT2D eigenvalue weighted by atomic mass is 9.98. The Kier molecular flexibility index (Phi) is 6.06. The molecule has 116 valence electrons. The minimum atomic E-state index is 0. The Hall–Kier alpha value is -2.46. The van der Waals surface area contributed by atoms with E-state index in [-0.39, 0.29) is 23.0 Å². The van der Waals surface area contributed by atoms with Gasteiger partial charge in [-0.15, -0.1) is 0 Å². The number of aromatic nitrogens is 1. The molecule has 0 spiro atoms. The fraction of sp³-hybridized carbons (Fsp3) is 0.0526. The largest absolute Gasteiger partial charge is 1.00 e. The van der Waals surface area contributed by atoms with E-state index in [0.717, 1.165) is 5.56 Å². The number of hydrogen-bond donors (Lipinski definition) is 1. The van der Waals surface area contributed by atoms with Crippen molar-refractivity contribution in [2.24, 2.45) is 5.16 Å². The lowest BCUT2D eigenvalue weighted by molar-refractivity contribution is -0.704. The van der Waals surface area contributed by atoms with Crippen LogP contribution in [0.25, 0.3) is 0 Å². The monoisotopic (exact) mass is 368 g/mol. The van der Waals surface area contributed by atoms with Crippen LogP contribution < -0.4 is 21.5 Å². The van der Waals surface area contributed by atoms with Crippen LogP contribution in [0.15, 0.2) is 90.3 Å². The molecule has 0 bridgehead atoms. The summed E-state index contributed by atoms with van der Waals surface area (Å²) in [7, 11) is 0. The SMILES string of the molecule is O/N=C\c1cc[n+](C(c2ccccc2)c2ccccc2)cc1.[Br-]. The van der Waals surface area contributed by atoms with Crippen LogP contribution in [-0.2, 0) is 0 Å². The van der Waals surface area contributed by atoms with Gasteiger partial charge in [-0.05, 0) is 0 Å². The molecular weight excluding hydrogens is 352 g/mol. The molecule has 0 amide bonds. The molecule has 2 aromatic carbocycles. The van der Waals surface area contributed by atoms with Gasteiger partial charge >= 0.3 is 0 Å². The van der Waals surface area contributed by atoms with Crippen molar-refractivity contribution in [1.82, 2.24) is 0 Å². The first-order valence-electron chi connectivity index (χ1n) is 7.16. The van der Waals surface area contributed by atoms with Crippen LogP contribution in [-0.4, -0.2) is 11.4 Å². The highest BCUT2D eigenvalue weighted by molar-refractivity contribution is 5.78. The average Bonchev–Trinajstić information content (AvgIpc) is 2.59. The summed E-state index contributed by atoms with van der Waals surface area (Å²) in [5.41, 5.74) is 3.31. The molecule has 0 unspecified atom stereocenters. The maximum Gasteiger partial charge on any atom is 0.208 e. The van der Waals surface area contributed by atoms with E-state index in [1.54, 1.807) is 0 Å². The summed E-state index contributed by atoms with van der Waals surface area (Å²) in [6.45, 7) is 0. The molecule has 0 aliphatic carbocycles. The molecule has 3 rings (SSSR count). The molecule has 0 radical (unpaired) electrons. The summed E-state index contributed by atoms with van der Waals surface area (Å²) in [4.78, 5) is 0. The van der Waals surface area contributed by atoms with Crippen molar-refractivity contribution in [3.63, 3.8) is 0 Å². The third-order valence-electron chi connectivity index (χ3n) is 3.61. The van der Waals surface area contributed by atoms with E-state index in [1.807, 2.05) is 36.7 Å². The van der Waals surface area contributed by atoms with Crippen molar-refractivity contribution in [3.05, 3.63) is 102 Å². The van der Waals surface area contributed by atoms with Gasteiger partial charge in [0.25, 0.3) is 0 Å². The zero-order valence-electron chi connectivity index (χ0n) is 12.5. The molecule has 0 aliphatic rings. The maximum absolute atomic E-state index is 8.62. The first-order valence-corrected chi connectivity index (χ1v) is 7.16. The Bertz CT molecular complexity index is 704. The van der Waals surface area contributed by atoms with E-state index in [0.29, 0.717) is 0 Å². The van der Waals surface area contributed by atoms with Gasteiger partial charge in [0.05, 0.1) is 6.21 Å². The molecule has 0 atom stereocenters. The first kappa shape index (κ1) is 16.9. The highest BCUT2D eigenvalue weighted by Crippen LogP contribution is 2.21. The second-order valence-corrected chi connectivity index (χ2v) is 5.05. The fourth-order valence-electron chi connectivity index (χ4n) is 2.58. The fourth-order valence-corrected chi connectivity index (χ4v) is 2.58. The summed E-state index contributed by atoms with van der Waals surface area (Å²) < 4.78 is 2.15. The number of nitrogens with zero attached hydrogens (tertiary/aromatic N) is 2. The second-order valence-electron chi connectivity index (χ2n) is 5.05. The van der Waals surface area contributed by atoms with E-state index in [2.05, 4.69) is 58.3 Å². The van der Waals surface area contributed by atoms with Gasteiger partial charge in [0.1, 0.15) is 0 Å². The molecular formula is C19H17BrN2O. The summed E-state index contributed by atoms with van der Waals surface area (Å²) in [6, 6.07) is 24.8. The lowest BCUT2D eigenvalue weighted by Crippen LogP contribution is -3.00. The van der Waals surface area contributed by atoms with E-state index in [9.17, 15) is 0 Å². The number of rotatable bonds is 4. The molecule has 1 heterocycles. The second kappa shape index (κ2) is 8.25. The highest BCUT2D eigenvalue weighted by atomic mass is 79.9. The van der Waals surface area contributed by atoms with Gasteiger partial charge in [-0.25, -0.2) is 0 Å². The molecule has 1 N–H and O–H groups in total. The van der Waals surface area contributed by atoms with Gasteiger partial charge in [0.15, 0.2) is 12.4 Å². The highest BCUT2D eigenvalue weighted by Gasteiger charge is 2.22. The van der Waals surface area contributed by atoms with Crippen molar-refractivity contribution in [2.75, 3.05) is 0 Å². The number of oxime groups is 1. The van der Waals surface area contributed by atoms with E-state index in [4.69, 9.17) is 5.21 Å². The Labute approximate surface area is 146 Å². The Morgan fingerprint density at radius 3 is 1.70 bits per heavy atom. The van der Waals surface area contributed by atoms with E-state index < -0.39 is 0 Å². The van der Waals surface area contributed by atoms with Crippen LogP contribution in [0, 0.1) is 0 Å². The van der Waals surface area contributed by atoms with Crippen molar-refractivity contribution in [3.8, 4) is 0 Å². The van der Waals surface area contributed by atoms with Crippen molar-refractivity contribution >= 4 is 6.21 Å². The Morgan fingerprint density at radius 1 is 0.783 bits per heavy atom. The summed E-state index contributed by atoms with van der Waals surface area (Å²) in [5, 5.41) is 11.7. The van der Waals surface area contributed by atoms with Crippen LogP contribution >= 0.6 is 0 Å². The normalized spacial score (nSPS) is 10.7. The van der Waals surface area contributed by atoms with Crippen molar-refractivity contribution in [2.45, 2.75) is 6.04 Å². The summed E-state index contributed by atoms with van der Waals surface area (Å²) >= 11 is 0. The zero-order valence-corrected chi connectivity index (χ0v) is 14.0. The van der Waals surface area contributed by atoms with Crippen LogP contribution in [0.5, 0.6) is 0 Å². The molecule has 0 saturated carbocycles. The predicted octanol–water partition coefficient (Wildman–Crippen LogP) is 0.424. The van der Waals surface area contributed by atoms with Gasteiger partial charge < -0.3 is 22.2 Å². The van der Waals surface area contributed by atoms with E-state index >= 15 is 0 Å². The van der Waals surface area contributed by atoms with Crippen LogP contribution in [0.3, 0.4) is 0 Å². The molecule has 0 aliphatic heterocycles. The van der Waals surface area contributed by atoms with Gasteiger partial charge in [-0.2, -0.15) is 4.57 Å². The van der Waals surface area contributed by atoms with Gasteiger partial charge in [0, 0.05) is 28.8 Å². The molecule has 4 heteroatoms. The molecule has 3 aromatic rings. The maximum atomic E-state index is 8.62. The van der Waals surface area contributed by atoms with Crippen molar-refractivity contribution < 1.29 is 26.8 Å². The summed E-state index contributed by atoms with van der Waals surface area (Å²) in [5.74, 6) is 0. The number of benzene rings is 2. The predicted molar refractivity (Wildman–Crippen MR) is 86.1 cm³/mol. The van der Waals surface area contributed by atoms with Crippen LogP contribution in [0.1, 0.15) is 22.7 Å². The standard InChI is InChI=1S/C19H16N2O.BrH/c22-20-15-16-11-13-21(14-12-16)19(17-7-3-1-4-8-17)18-9-5-2-6-10-18;/h1-15,19H;1H. The smallest absolute Gasteiger partial charge is 0.208 e. The molecule has 23 heavy (non-hydrogen) atoms. The number of pyridine rings is 1. The first-order chi connectivity index (χ1) is 10.9. The Balaban J connectivity index is 0.00000192. The molecule has 0 saturated heterocycles. The third kappa shape index (κ3) is 4.05. The van der Waals surface area contributed by atoms with Crippen LogP contribution in [0.4, 0.5) is 0 Å². The molecule has 3 nitrogen and oxygen atoms in total. The summed E-state index contributed by atoms with van der Waals surface area (Å²) in [6.07, 6.45) is 5.42.